The Bertz CT molecular complexity index is 1330. The fourth-order valence-electron chi connectivity index (χ4n) is 5.94. The molecular formula is C28H29FN4O5. The summed E-state index contributed by atoms with van der Waals surface area (Å²) in [5.74, 6) is -1.26. The molecule has 0 aromatic heterocycles. The summed E-state index contributed by atoms with van der Waals surface area (Å²) in [6, 6.07) is 10.9. The second kappa shape index (κ2) is 9.11. The number of likely N-dealkylation sites (tertiary alicyclic amines) is 1. The number of benzene rings is 2. The molecule has 198 valence electrons. The van der Waals surface area contributed by atoms with Crippen LogP contribution in [-0.2, 0) is 26.3 Å². The maximum Gasteiger partial charge on any atom is 0.418 e. The molecule has 5 amide bonds. The molecule has 3 fully saturated rings. The number of carbonyl (C=O) groups is 4. The van der Waals surface area contributed by atoms with Gasteiger partial charge in [0.15, 0.2) is 0 Å². The number of imide groups is 1. The number of anilines is 1. The topological polar surface area (TPSA) is 108 Å². The van der Waals surface area contributed by atoms with Gasteiger partial charge >= 0.3 is 12.1 Å². The van der Waals surface area contributed by atoms with E-state index in [-0.39, 0.29) is 42.3 Å². The van der Waals surface area contributed by atoms with Crippen molar-refractivity contribution >= 4 is 29.6 Å². The zero-order valence-electron chi connectivity index (χ0n) is 21.0. The van der Waals surface area contributed by atoms with Gasteiger partial charge in [0.25, 0.3) is 5.91 Å². The summed E-state index contributed by atoms with van der Waals surface area (Å²) in [6.45, 7) is 1.51. The molecule has 2 saturated heterocycles. The van der Waals surface area contributed by atoms with E-state index in [1.54, 1.807) is 35.2 Å². The molecule has 10 heteroatoms. The lowest BCUT2D eigenvalue weighted by Gasteiger charge is -2.30. The van der Waals surface area contributed by atoms with Crippen molar-refractivity contribution in [2.24, 2.45) is 0 Å². The first-order valence-corrected chi connectivity index (χ1v) is 13.1. The Morgan fingerprint density at radius 2 is 1.84 bits per heavy atom. The minimum atomic E-state index is -1.46. The summed E-state index contributed by atoms with van der Waals surface area (Å²) >= 11 is 0. The van der Waals surface area contributed by atoms with Gasteiger partial charge in [-0.1, -0.05) is 18.2 Å². The largest absolute Gasteiger partial charge is 0.427 e. The minimum absolute atomic E-state index is 0.0875. The maximum absolute atomic E-state index is 13.6. The molecule has 0 bridgehead atoms. The SMILES string of the molecule is C[C@H]1CC[C@@H](c2ccc(F)cc2)N1C(=O)CN1C(=O)O[C@@]2(CCc3cc(NC(=O)NC4CC4)ccc32)C1=O. The zero-order chi connectivity index (χ0) is 26.6. The van der Waals surface area contributed by atoms with Crippen LogP contribution < -0.4 is 10.6 Å². The lowest BCUT2D eigenvalue weighted by Crippen LogP contribution is -2.46. The predicted molar refractivity (Wildman–Crippen MR) is 134 cm³/mol. The molecule has 2 aromatic carbocycles. The molecule has 2 aromatic rings. The third-order valence-corrected chi connectivity index (χ3v) is 8.03. The highest BCUT2D eigenvalue weighted by atomic mass is 19.1. The number of rotatable bonds is 5. The minimum Gasteiger partial charge on any atom is -0.427 e. The molecule has 0 unspecified atom stereocenters. The predicted octanol–water partition coefficient (Wildman–Crippen LogP) is 3.98. The van der Waals surface area contributed by atoms with Crippen molar-refractivity contribution in [3.05, 3.63) is 65.0 Å². The number of amides is 5. The highest BCUT2D eigenvalue weighted by Gasteiger charge is 2.58. The van der Waals surface area contributed by atoms with Gasteiger partial charge in [0, 0.05) is 29.8 Å². The van der Waals surface area contributed by atoms with Gasteiger partial charge in [-0.15, -0.1) is 0 Å². The smallest absolute Gasteiger partial charge is 0.418 e. The van der Waals surface area contributed by atoms with Crippen molar-refractivity contribution < 1.29 is 28.3 Å². The van der Waals surface area contributed by atoms with Crippen LogP contribution in [0.5, 0.6) is 0 Å². The van der Waals surface area contributed by atoms with Crippen LogP contribution in [0.3, 0.4) is 0 Å². The van der Waals surface area contributed by atoms with Crippen LogP contribution in [0, 0.1) is 5.82 Å². The lowest BCUT2D eigenvalue weighted by atomic mass is 9.94. The Hall–Kier alpha value is -3.95. The van der Waals surface area contributed by atoms with E-state index in [4.69, 9.17) is 4.74 Å². The molecule has 0 radical (unpaired) electrons. The fourth-order valence-corrected chi connectivity index (χ4v) is 5.94. The van der Waals surface area contributed by atoms with Crippen LogP contribution in [0.1, 0.15) is 61.8 Å². The summed E-state index contributed by atoms with van der Waals surface area (Å²) < 4.78 is 19.1. The van der Waals surface area contributed by atoms with Gasteiger partial charge in [0.05, 0.1) is 6.04 Å². The van der Waals surface area contributed by atoms with Crippen molar-refractivity contribution in [2.75, 3.05) is 11.9 Å². The molecule has 2 heterocycles. The molecule has 2 N–H and O–H groups in total. The molecule has 9 nitrogen and oxygen atoms in total. The third kappa shape index (κ3) is 4.17. The summed E-state index contributed by atoms with van der Waals surface area (Å²) in [4.78, 5) is 54.6. The Balaban J connectivity index is 1.18. The van der Waals surface area contributed by atoms with Gasteiger partial charge in [-0.2, -0.15) is 0 Å². The Morgan fingerprint density at radius 3 is 2.58 bits per heavy atom. The van der Waals surface area contributed by atoms with E-state index < -0.39 is 24.1 Å². The molecule has 3 atom stereocenters. The molecule has 2 aliphatic heterocycles. The quantitative estimate of drug-likeness (QED) is 0.620. The Kier molecular flexibility index (Phi) is 5.85. The van der Waals surface area contributed by atoms with Gasteiger partial charge in [0.2, 0.25) is 11.5 Å². The molecule has 2 aliphatic carbocycles. The van der Waals surface area contributed by atoms with Gasteiger partial charge in [-0.3, -0.25) is 9.59 Å². The first-order valence-electron chi connectivity index (χ1n) is 13.1. The van der Waals surface area contributed by atoms with Crippen molar-refractivity contribution in [2.45, 2.75) is 69.2 Å². The summed E-state index contributed by atoms with van der Waals surface area (Å²) in [6.07, 6.45) is 3.36. The van der Waals surface area contributed by atoms with E-state index in [0.29, 0.717) is 24.1 Å². The highest BCUT2D eigenvalue weighted by molar-refractivity contribution is 6.06. The van der Waals surface area contributed by atoms with Crippen molar-refractivity contribution in [3.8, 4) is 0 Å². The van der Waals surface area contributed by atoms with Crippen LogP contribution in [0.15, 0.2) is 42.5 Å². The van der Waals surface area contributed by atoms with Crippen LogP contribution in [0.4, 0.5) is 19.7 Å². The zero-order valence-corrected chi connectivity index (χ0v) is 21.0. The van der Waals surface area contributed by atoms with Crippen LogP contribution in [0.2, 0.25) is 0 Å². The van der Waals surface area contributed by atoms with Crippen molar-refractivity contribution in [1.82, 2.24) is 15.1 Å². The number of nitrogens with one attached hydrogen (secondary N) is 2. The molecule has 1 saturated carbocycles. The number of hydrogen-bond donors (Lipinski definition) is 2. The van der Waals surface area contributed by atoms with E-state index in [9.17, 15) is 23.6 Å². The van der Waals surface area contributed by atoms with Gasteiger partial charge < -0.3 is 20.3 Å². The summed E-state index contributed by atoms with van der Waals surface area (Å²) in [7, 11) is 0. The third-order valence-electron chi connectivity index (χ3n) is 8.03. The van der Waals surface area contributed by atoms with Gasteiger partial charge in [-0.25, -0.2) is 18.9 Å². The van der Waals surface area contributed by atoms with E-state index >= 15 is 0 Å². The Morgan fingerprint density at radius 1 is 1.08 bits per heavy atom. The van der Waals surface area contributed by atoms with Gasteiger partial charge in [-0.05, 0) is 74.4 Å². The number of fused-ring (bicyclic) bond motifs is 2. The van der Waals surface area contributed by atoms with E-state index in [0.717, 1.165) is 35.3 Å². The molecule has 4 aliphatic rings. The summed E-state index contributed by atoms with van der Waals surface area (Å²) in [5, 5.41) is 5.67. The average molecular weight is 521 g/mol. The number of hydrogen-bond acceptors (Lipinski definition) is 5. The number of ether oxygens (including phenoxy) is 1. The van der Waals surface area contributed by atoms with E-state index in [1.165, 1.54) is 12.1 Å². The number of urea groups is 1. The van der Waals surface area contributed by atoms with Crippen LogP contribution >= 0.6 is 0 Å². The monoisotopic (exact) mass is 520 g/mol. The number of aryl methyl sites for hydroxylation is 1. The highest BCUT2D eigenvalue weighted by Crippen LogP contribution is 2.46. The number of carbonyl (C=O) groups excluding carboxylic acids is 4. The second-order valence-corrected chi connectivity index (χ2v) is 10.6. The lowest BCUT2D eigenvalue weighted by molar-refractivity contribution is -0.143. The second-order valence-electron chi connectivity index (χ2n) is 10.6. The first-order chi connectivity index (χ1) is 18.2. The average Bonchev–Trinajstić information content (AvgIpc) is 3.43. The maximum atomic E-state index is 13.6. The molecule has 1 spiro atoms. The van der Waals surface area contributed by atoms with Crippen molar-refractivity contribution in [1.29, 1.82) is 0 Å². The van der Waals surface area contributed by atoms with E-state index in [1.807, 2.05) is 6.92 Å². The first kappa shape index (κ1) is 24.4. The molecule has 6 rings (SSSR count). The number of nitrogens with zero attached hydrogens (tertiary/aromatic N) is 2. The van der Waals surface area contributed by atoms with Crippen molar-refractivity contribution in [3.63, 3.8) is 0 Å². The normalized spacial score (nSPS) is 26.1. The molecular weight excluding hydrogens is 491 g/mol. The number of halogens is 1. The fraction of sp³-hybridized carbons (Fsp3) is 0.429. The van der Waals surface area contributed by atoms with Crippen LogP contribution in [-0.4, -0.2) is 52.4 Å². The van der Waals surface area contributed by atoms with Crippen LogP contribution in [0.25, 0.3) is 0 Å². The van der Waals surface area contributed by atoms with Gasteiger partial charge in [0.1, 0.15) is 12.4 Å². The summed E-state index contributed by atoms with van der Waals surface area (Å²) in [5.41, 5.74) is 1.34. The van der Waals surface area contributed by atoms with E-state index in [2.05, 4.69) is 10.6 Å². The molecule has 38 heavy (non-hydrogen) atoms. The Labute approximate surface area is 219 Å². The standard InChI is InChI=1S/C28H29FN4O5/c1-16-2-11-23(17-3-5-19(29)6-4-17)33(16)24(34)15-32-25(35)28(38-27(32)37)13-12-18-14-21(9-10-22(18)28)31-26(36)30-20-7-8-20/h3-6,9-10,14,16,20,23H,2,7-8,11-13,15H2,1H3,(H2,30,31,36)/t16-,23-,28+/m0/s1.